The molecule has 1 atom stereocenters. The number of rotatable bonds is 5. The summed E-state index contributed by atoms with van der Waals surface area (Å²) in [6.07, 6.45) is 0.701. The van der Waals surface area contributed by atoms with Gasteiger partial charge in [-0.3, -0.25) is 4.79 Å². The van der Waals surface area contributed by atoms with Crippen molar-refractivity contribution in [1.29, 1.82) is 0 Å². The minimum atomic E-state index is -1.66. The Hall–Kier alpha value is -2.28. The first-order valence-electron chi connectivity index (χ1n) is 7.06. The fourth-order valence-electron chi connectivity index (χ4n) is 2.13. The maximum absolute atomic E-state index is 13.1. The Balaban J connectivity index is 2.35. The minimum Gasteiger partial charge on any atom is -0.479 e. The number of hydrogen-bond donors (Lipinski definition) is 2. The van der Waals surface area contributed by atoms with Gasteiger partial charge in [0.05, 0.1) is 10.7 Å². The molecule has 1 amide bonds. The molecule has 0 fully saturated rings. The highest BCUT2D eigenvalue weighted by molar-refractivity contribution is 7.13. The number of carbonyl (C=O) groups excluding carboxylic acids is 1. The molecule has 2 aromatic rings. The standard InChI is InChI=1S/C16H17FN2O3S/c1-4-12-18-9(2)13(23-12)14(20)19-16(3,15(21)22)10-5-7-11(17)8-6-10/h5-8H,4H2,1-3H3,(H,19,20)(H,21,22). The van der Waals surface area contributed by atoms with Gasteiger partial charge in [-0.05, 0) is 38.0 Å². The van der Waals surface area contributed by atoms with Crippen LogP contribution >= 0.6 is 11.3 Å². The summed E-state index contributed by atoms with van der Waals surface area (Å²) in [5.74, 6) is -2.21. The molecule has 122 valence electrons. The zero-order valence-electron chi connectivity index (χ0n) is 13.0. The van der Waals surface area contributed by atoms with Crippen molar-refractivity contribution in [3.05, 3.63) is 51.2 Å². The van der Waals surface area contributed by atoms with Crippen LogP contribution in [0.2, 0.25) is 0 Å². The molecule has 5 nitrogen and oxygen atoms in total. The van der Waals surface area contributed by atoms with Crippen molar-refractivity contribution in [2.24, 2.45) is 0 Å². The summed E-state index contributed by atoms with van der Waals surface area (Å²) < 4.78 is 13.1. The third-order valence-electron chi connectivity index (χ3n) is 3.56. The molecule has 23 heavy (non-hydrogen) atoms. The van der Waals surface area contributed by atoms with E-state index in [1.165, 1.54) is 30.4 Å². The molecule has 1 unspecified atom stereocenters. The van der Waals surface area contributed by atoms with E-state index in [0.29, 0.717) is 17.0 Å². The van der Waals surface area contributed by atoms with Gasteiger partial charge in [-0.1, -0.05) is 19.1 Å². The lowest BCUT2D eigenvalue weighted by Crippen LogP contribution is -2.49. The molecule has 1 heterocycles. The highest BCUT2D eigenvalue weighted by atomic mass is 32.1. The average Bonchev–Trinajstić information content (AvgIpc) is 2.88. The topological polar surface area (TPSA) is 79.3 Å². The summed E-state index contributed by atoms with van der Waals surface area (Å²) >= 11 is 1.24. The van der Waals surface area contributed by atoms with Crippen molar-refractivity contribution in [2.45, 2.75) is 32.7 Å². The minimum absolute atomic E-state index is 0.289. The average molecular weight is 336 g/mol. The van der Waals surface area contributed by atoms with Crippen LogP contribution in [0.15, 0.2) is 24.3 Å². The van der Waals surface area contributed by atoms with E-state index in [0.717, 1.165) is 17.1 Å². The zero-order valence-corrected chi connectivity index (χ0v) is 13.8. The van der Waals surface area contributed by atoms with E-state index in [4.69, 9.17) is 0 Å². The first kappa shape index (κ1) is 17.1. The molecule has 0 aliphatic heterocycles. The molecule has 1 aromatic heterocycles. The van der Waals surface area contributed by atoms with Crippen LogP contribution in [-0.4, -0.2) is 22.0 Å². The highest BCUT2D eigenvalue weighted by Gasteiger charge is 2.37. The van der Waals surface area contributed by atoms with Crippen molar-refractivity contribution in [3.8, 4) is 0 Å². The Morgan fingerprint density at radius 2 is 1.96 bits per heavy atom. The molecule has 0 aliphatic carbocycles. The van der Waals surface area contributed by atoms with E-state index < -0.39 is 23.2 Å². The number of nitrogens with one attached hydrogen (secondary N) is 1. The van der Waals surface area contributed by atoms with Crippen LogP contribution in [0.3, 0.4) is 0 Å². The lowest BCUT2D eigenvalue weighted by atomic mass is 9.92. The van der Waals surface area contributed by atoms with Gasteiger partial charge in [0.1, 0.15) is 10.7 Å². The smallest absolute Gasteiger partial charge is 0.333 e. The van der Waals surface area contributed by atoms with E-state index >= 15 is 0 Å². The van der Waals surface area contributed by atoms with Crippen LogP contribution in [0.5, 0.6) is 0 Å². The number of amides is 1. The number of benzene rings is 1. The first-order valence-corrected chi connectivity index (χ1v) is 7.87. The van der Waals surface area contributed by atoms with Crippen LogP contribution in [0.25, 0.3) is 0 Å². The molecule has 0 saturated carbocycles. The van der Waals surface area contributed by atoms with E-state index in [1.54, 1.807) is 6.92 Å². The number of carboxylic acids is 1. The summed E-state index contributed by atoms with van der Waals surface area (Å²) in [5, 5.41) is 12.9. The van der Waals surface area contributed by atoms with Crippen LogP contribution in [0, 0.1) is 12.7 Å². The number of hydrogen-bond acceptors (Lipinski definition) is 4. The molecule has 7 heteroatoms. The molecule has 2 rings (SSSR count). The third-order valence-corrected chi connectivity index (χ3v) is 4.86. The Labute approximate surface area is 137 Å². The largest absolute Gasteiger partial charge is 0.479 e. The first-order chi connectivity index (χ1) is 10.8. The van der Waals surface area contributed by atoms with Crippen LogP contribution in [0.1, 0.15) is 39.8 Å². The fourth-order valence-corrected chi connectivity index (χ4v) is 3.03. The van der Waals surface area contributed by atoms with E-state index in [9.17, 15) is 19.1 Å². The van der Waals surface area contributed by atoms with E-state index in [-0.39, 0.29) is 5.56 Å². The van der Waals surface area contributed by atoms with Crippen LogP contribution < -0.4 is 5.32 Å². The van der Waals surface area contributed by atoms with E-state index in [2.05, 4.69) is 10.3 Å². The number of aliphatic carboxylic acids is 1. The number of nitrogens with zero attached hydrogens (tertiary/aromatic N) is 1. The van der Waals surface area contributed by atoms with Gasteiger partial charge in [-0.2, -0.15) is 0 Å². The summed E-state index contributed by atoms with van der Waals surface area (Å²) in [7, 11) is 0. The second-order valence-electron chi connectivity index (χ2n) is 5.27. The molecule has 0 saturated heterocycles. The Morgan fingerprint density at radius 1 is 1.35 bits per heavy atom. The molecule has 1 aromatic carbocycles. The maximum Gasteiger partial charge on any atom is 0.333 e. The van der Waals surface area contributed by atoms with Crippen molar-refractivity contribution < 1.29 is 19.1 Å². The fraction of sp³-hybridized carbons (Fsp3) is 0.312. The van der Waals surface area contributed by atoms with Crippen molar-refractivity contribution >= 4 is 23.2 Å². The van der Waals surface area contributed by atoms with Gasteiger partial charge in [0, 0.05) is 0 Å². The Kier molecular flexibility index (Phi) is 4.79. The number of aryl methyl sites for hydroxylation is 2. The summed E-state index contributed by atoms with van der Waals surface area (Å²) in [5.41, 5.74) is -0.804. The van der Waals surface area contributed by atoms with Crippen LogP contribution in [0.4, 0.5) is 4.39 Å². The summed E-state index contributed by atoms with van der Waals surface area (Å²) in [6.45, 7) is 5.01. The molecule has 0 radical (unpaired) electrons. The SMILES string of the molecule is CCc1nc(C)c(C(=O)NC(C)(C(=O)O)c2ccc(F)cc2)s1. The number of carbonyl (C=O) groups is 2. The predicted octanol–water partition coefficient (Wildman–Crippen LogP) is 2.88. The Morgan fingerprint density at radius 3 is 2.43 bits per heavy atom. The second kappa shape index (κ2) is 6.45. The number of carboxylic acid groups (broad SMARTS) is 1. The lowest BCUT2D eigenvalue weighted by Gasteiger charge is -2.26. The quantitative estimate of drug-likeness (QED) is 0.880. The summed E-state index contributed by atoms with van der Waals surface area (Å²) in [4.78, 5) is 28.8. The van der Waals surface area contributed by atoms with Gasteiger partial charge in [0.2, 0.25) is 0 Å². The zero-order chi connectivity index (χ0) is 17.2. The number of thiazole rings is 1. The number of aromatic nitrogens is 1. The van der Waals surface area contributed by atoms with Crippen molar-refractivity contribution in [1.82, 2.24) is 10.3 Å². The lowest BCUT2D eigenvalue weighted by molar-refractivity contribution is -0.144. The third kappa shape index (κ3) is 3.39. The van der Waals surface area contributed by atoms with Crippen molar-refractivity contribution in [2.75, 3.05) is 0 Å². The normalized spacial score (nSPS) is 13.4. The van der Waals surface area contributed by atoms with E-state index in [1.807, 2.05) is 6.92 Å². The molecular formula is C16H17FN2O3S. The maximum atomic E-state index is 13.1. The molecular weight excluding hydrogens is 319 g/mol. The van der Waals surface area contributed by atoms with Gasteiger partial charge < -0.3 is 10.4 Å². The van der Waals surface area contributed by atoms with Gasteiger partial charge >= 0.3 is 5.97 Å². The van der Waals surface area contributed by atoms with Gasteiger partial charge in [-0.15, -0.1) is 11.3 Å². The molecule has 0 spiro atoms. The Bertz CT molecular complexity index is 742. The second-order valence-corrected chi connectivity index (χ2v) is 6.35. The molecule has 0 aliphatic rings. The van der Waals surface area contributed by atoms with Gasteiger partial charge in [-0.25, -0.2) is 14.2 Å². The van der Waals surface area contributed by atoms with Crippen molar-refractivity contribution in [3.63, 3.8) is 0 Å². The molecule has 2 N–H and O–H groups in total. The summed E-state index contributed by atoms with van der Waals surface area (Å²) in [6, 6.07) is 5.02. The van der Waals surface area contributed by atoms with Gasteiger partial charge in [0.15, 0.2) is 5.54 Å². The highest BCUT2D eigenvalue weighted by Crippen LogP contribution is 2.25. The van der Waals surface area contributed by atoms with Crippen LogP contribution in [-0.2, 0) is 16.8 Å². The molecule has 0 bridgehead atoms. The monoisotopic (exact) mass is 336 g/mol. The number of halogens is 1. The predicted molar refractivity (Wildman–Crippen MR) is 85.1 cm³/mol. The van der Waals surface area contributed by atoms with Gasteiger partial charge in [0.25, 0.3) is 5.91 Å².